The van der Waals surface area contributed by atoms with E-state index in [1.165, 1.54) is 16.9 Å². The third-order valence-electron chi connectivity index (χ3n) is 10.9. The lowest BCUT2D eigenvalue weighted by atomic mass is 9.77. The standard InChI is InChI=1S/C42H47FN5O9PS/c1-7-39(2,3)38(50)59-24-23-55-58(51,52)56-25-34-36(49)40(4,43)41(26-44,57-34)35-22-21-33-37(45-27-46-48(33)35)47-42(28-11-9-8-10-12-28,29-13-17-31(53-5)18-14-29)30-15-19-32(54-6)20-16-30/h8-22,27,34,36,49H,7,23-25H2,1-6H3,(H,51,52)(H,45,46,47)/t34-,36-,40-,41+/m1/s1. The SMILES string of the molecule is CCC(C)(C)C(=O)SCCOP(=O)(O)OC[C@H]1O[C@@](C#N)(c2ccc3c(NC(c4ccccc4)(c4ccc(OC)cc4)c4ccc(OC)cc4)ncnn23)[C@](C)(F)[C@@H]1O. The Morgan fingerprint density at radius 1 is 1.00 bits per heavy atom. The molecule has 3 heterocycles. The number of aromatic nitrogens is 3. The number of alkyl halides is 1. The number of benzene rings is 3. The zero-order valence-electron chi connectivity index (χ0n) is 33.5. The Hall–Kier alpha value is -4.85. The maximum atomic E-state index is 17.0. The second kappa shape index (κ2) is 17.4. The van der Waals surface area contributed by atoms with Crippen LogP contribution in [0.2, 0.25) is 0 Å². The van der Waals surface area contributed by atoms with Crippen molar-refractivity contribution in [2.24, 2.45) is 5.41 Å². The Labute approximate surface area is 346 Å². The molecule has 0 radical (unpaired) electrons. The van der Waals surface area contributed by atoms with Gasteiger partial charge in [0.05, 0.1) is 33.1 Å². The summed E-state index contributed by atoms with van der Waals surface area (Å²) in [6, 6.07) is 29.8. The van der Waals surface area contributed by atoms with Gasteiger partial charge < -0.3 is 29.5 Å². The van der Waals surface area contributed by atoms with Crippen LogP contribution < -0.4 is 14.8 Å². The number of carbonyl (C=O) groups is 1. The van der Waals surface area contributed by atoms with Gasteiger partial charge in [-0.25, -0.2) is 18.5 Å². The summed E-state index contributed by atoms with van der Waals surface area (Å²) in [5, 5.41) is 29.9. The molecule has 5 aromatic rings. The Morgan fingerprint density at radius 3 is 2.15 bits per heavy atom. The van der Waals surface area contributed by atoms with Crippen molar-refractivity contribution in [2.75, 3.05) is 38.5 Å². The van der Waals surface area contributed by atoms with Crippen molar-refractivity contribution < 1.29 is 47.0 Å². The normalized spacial score (nSPS) is 21.8. The number of hydrogen-bond acceptors (Lipinski definition) is 13. The van der Waals surface area contributed by atoms with E-state index >= 15 is 4.39 Å². The van der Waals surface area contributed by atoms with Gasteiger partial charge in [-0.3, -0.25) is 13.8 Å². The molecule has 1 fully saturated rings. The van der Waals surface area contributed by atoms with E-state index in [4.69, 9.17) is 23.3 Å². The molecular formula is C42H47FN5O9PS. The molecule has 0 aliphatic carbocycles. The number of nitrogens with zero attached hydrogens (tertiary/aromatic N) is 4. The van der Waals surface area contributed by atoms with Gasteiger partial charge in [-0.1, -0.05) is 87.1 Å². The average Bonchev–Trinajstić information content (AvgIpc) is 3.77. The Balaban J connectivity index is 1.33. The number of rotatable bonds is 17. The summed E-state index contributed by atoms with van der Waals surface area (Å²) >= 11 is 0.969. The van der Waals surface area contributed by atoms with Crippen molar-refractivity contribution in [3.05, 3.63) is 120 Å². The first-order chi connectivity index (χ1) is 28.1. The number of carbonyl (C=O) groups excluding carboxylic acids is 1. The molecule has 59 heavy (non-hydrogen) atoms. The lowest BCUT2D eigenvalue weighted by molar-refractivity contribution is -0.118. The van der Waals surface area contributed by atoms with Crippen molar-refractivity contribution >= 4 is 36.0 Å². The summed E-state index contributed by atoms with van der Waals surface area (Å²) in [5.41, 5.74) is -4.22. The molecule has 14 nitrogen and oxygen atoms in total. The van der Waals surface area contributed by atoms with Crippen LogP contribution in [0.5, 0.6) is 11.5 Å². The monoisotopic (exact) mass is 847 g/mol. The summed E-state index contributed by atoms with van der Waals surface area (Å²) in [6.45, 7) is 5.41. The van der Waals surface area contributed by atoms with Crippen LogP contribution in [-0.2, 0) is 34.3 Å². The van der Waals surface area contributed by atoms with Crippen LogP contribution in [0.15, 0.2) is 97.3 Å². The van der Waals surface area contributed by atoms with Crippen molar-refractivity contribution in [3.8, 4) is 17.6 Å². The van der Waals surface area contributed by atoms with Crippen LogP contribution in [-0.4, -0.2) is 80.8 Å². The van der Waals surface area contributed by atoms with E-state index in [1.54, 1.807) is 34.1 Å². The van der Waals surface area contributed by atoms with Crippen LogP contribution in [0, 0.1) is 16.7 Å². The number of nitrogens with one attached hydrogen (secondary N) is 1. The van der Waals surface area contributed by atoms with E-state index in [1.807, 2.05) is 91.9 Å². The molecule has 1 aliphatic rings. The molecule has 17 heteroatoms. The number of phosphoric acid groups is 1. The molecule has 3 N–H and O–H groups in total. The predicted octanol–water partition coefficient (Wildman–Crippen LogP) is 7.19. The number of phosphoric ester groups is 1. The molecule has 0 bridgehead atoms. The summed E-state index contributed by atoms with van der Waals surface area (Å²) in [4.78, 5) is 27.4. The summed E-state index contributed by atoms with van der Waals surface area (Å²) in [5.74, 6) is 1.69. The highest BCUT2D eigenvalue weighted by molar-refractivity contribution is 8.13. The summed E-state index contributed by atoms with van der Waals surface area (Å²) in [7, 11) is -1.58. The number of aliphatic hydroxyl groups excluding tert-OH is 1. The van der Waals surface area contributed by atoms with Gasteiger partial charge in [-0.15, -0.1) is 0 Å². The minimum Gasteiger partial charge on any atom is -0.497 e. The Morgan fingerprint density at radius 2 is 1.59 bits per heavy atom. The topological polar surface area (TPSA) is 187 Å². The predicted molar refractivity (Wildman–Crippen MR) is 220 cm³/mol. The molecule has 0 spiro atoms. The van der Waals surface area contributed by atoms with Crippen LogP contribution in [0.3, 0.4) is 0 Å². The van der Waals surface area contributed by atoms with Gasteiger partial charge in [0.2, 0.25) is 5.60 Å². The first-order valence-electron chi connectivity index (χ1n) is 18.8. The number of fused-ring (bicyclic) bond motifs is 1. The highest BCUT2D eigenvalue weighted by Gasteiger charge is 2.67. The molecule has 6 rings (SSSR count). The number of anilines is 1. The number of thioether (sulfide) groups is 1. The molecule has 0 amide bonds. The largest absolute Gasteiger partial charge is 0.497 e. The van der Waals surface area contributed by atoms with Crippen molar-refractivity contribution in [1.82, 2.24) is 14.6 Å². The van der Waals surface area contributed by atoms with Gasteiger partial charge in [0.1, 0.15) is 47.2 Å². The number of ether oxygens (including phenoxy) is 3. The maximum absolute atomic E-state index is 17.0. The highest BCUT2D eigenvalue weighted by atomic mass is 32.2. The maximum Gasteiger partial charge on any atom is 0.472 e. The van der Waals surface area contributed by atoms with Crippen LogP contribution >= 0.6 is 19.6 Å². The quantitative estimate of drug-likeness (QED) is 0.0485. The number of nitriles is 1. The fourth-order valence-electron chi connectivity index (χ4n) is 6.99. The smallest absolute Gasteiger partial charge is 0.472 e. The number of aliphatic hydroxyl groups is 1. The molecule has 2 aromatic heterocycles. The van der Waals surface area contributed by atoms with Crippen molar-refractivity contribution in [2.45, 2.75) is 63.1 Å². The third kappa shape index (κ3) is 8.34. The van der Waals surface area contributed by atoms with E-state index in [0.717, 1.165) is 35.4 Å². The van der Waals surface area contributed by atoms with E-state index in [0.29, 0.717) is 29.3 Å². The van der Waals surface area contributed by atoms with E-state index in [2.05, 4.69) is 15.4 Å². The van der Waals surface area contributed by atoms with Gasteiger partial charge in [0, 0.05) is 11.2 Å². The molecule has 0 saturated carbocycles. The molecule has 3 aromatic carbocycles. The summed E-state index contributed by atoms with van der Waals surface area (Å²) in [6.07, 6.45) is -1.71. The fourth-order valence-corrected chi connectivity index (χ4v) is 8.73. The second-order valence-electron chi connectivity index (χ2n) is 14.8. The number of hydrogen-bond donors (Lipinski definition) is 3. The Kier molecular flexibility index (Phi) is 12.9. The van der Waals surface area contributed by atoms with Gasteiger partial charge >= 0.3 is 7.82 Å². The molecular weight excluding hydrogens is 801 g/mol. The average molecular weight is 848 g/mol. The Bertz CT molecular complexity index is 2290. The van der Waals surface area contributed by atoms with Crippen LogP contribution in [0.1, 0.15) is 56.5 Å². The van der Waals surface area contributed by atoms with E-state index in [-0.39, 0.29) is 23.2 Å². The van der Waals surface area contributed by atoms with Crippen LogP contribution in [0.4, 0.5) is 10.2 Å². The van der Waals surface area contributed by atoms with E-state index < -0.39 is 48.9 Å². The van der Waals surface area contributed by atoms with Gasteiger partial charge in [0.25, 0.3) is 0 Å². The molecule has 312 valence electrons. The highest BCUT2D eigenvalue weighted by Crippen LogP contribution is 2.52. The summed E-state index contributed by atoms with van der Waals surface area (Å²) < 4.78 is 58.1. The lowest BCUT2D eigenvalue weighted by Crippen LogP contribution is -2.48. The fraction of sp³-hybridized carbons (Fsp3) is 0.381. The van der Waals surface area contributed by atoms with Crippen molar-refractivity contribution in [1.29, 1.82) is 5.26 Å². The minimum absolute atomic E-state index is 0.0775. The zero-order valence-corrected chi connectivity index (χ0v) is 35.2. The number of methoxy groups -OCH3 is 2. The first-order valence-corrected chi connectivity index (χ1v) is 21.3. The van der Waals surface area contributed by atoms with E-state index in [9.17, 15) is 24.6 Å². The molecule has 1 saturated heterocycles. The van der Waals surface area contributed by atoms with Gasteiger partial charge in [-0.2, -0.15) is 10.4 Å². The minimum atomic E-state index is -4.75. The second-order valence-corrected chi connectivity index (χ2v) is 17.3. The lowest BCUT2D eigenvalue weighted by Gasteiger charge is -2.37. The third-order valence-corrected chi connectivity index (χ3v) is 13.0. The zero-order chi connectivity index (χ0) is 42.6. The molecule has 1 unspecified atom stereocenters. The first kappa shape index (κ1) is 43.7. The van der Waals surface area contributed by atoms with Gasteiger partial charge in [0.15, 0.2) is 16.6 Å². The van der Waals surface area contributed by atoms with Gasteiger partial charge in [-0.05, 0) is 66.4 Å². The van der Waals surface area contributed by atoms with Crippen molar-refractivity contribution in [3.63, 3.8) is 0 Å². The number of halogens is 1. The molecule has 5 atom stereocenters. The molecule has 1 aliphatic heterocycles. The van der Waals surface area contributed by atoms with Crippen LogP contribution in [0.25, 0.3) is 5.52 Å².